The van der Waals surface area contributed by atoms with Gasteiger partial charge < -0.3 is 4.90 Å². The predicted octanol–water partition coefficient (Wildman–Crippen LogP) is 1.79. The summed E-state index contributed by atoms with van der Waals surface area (Å²) in [6, 6.07) is 9.51. The van der Waals surface area contributed by atoms with Crippen molar-refractivity contribution in [3.05, 3.63) is 40.9 Å². The number of rotatable bonds is 2. The van der Waals surface area contributed by atoms with Crippen molar-refractivity contribution in [2.45, 2.75) is 19.0 Å². The highest BCUT2D eigenvalue weighted by molar-refractivity contribution is 7.13. The van der Waals surface area contributed by atoms with E-state index in [1.165, 1.54) is 24.1 Å². The molecule has 0 unspecified atom stereocenters. The van der Waals surface area contributed by atoms with Crippen molar-refractivity contribution in [3.8, 4) is 0 Å². The Hall–Kier alpha value is -1.46. The molecule has 1 aromatic heterocycles. The minimum atomic E-state index is 0.678. The van der Waals surface area contributed by atoms with Crippen LogP contribution in [0.15, 0.2) is 29.8 Å². The molecule has 0 amide bonds. The molecule has 0 spiro atoms. The van der Waals surface area contributed by atoms with Gasteiger partial charge in [0.15, 0.2) is 0 Å². The molecule has 1 saturated heterocycles. The van der Waals surface area contributed by atoms with Gasteiger partial charge in [-0.2, -0.15) is 0 Å². The van der Waals surface area contributed by atoms with Crippen LogP contribution >= 0.6 is 11.3 Å². The first kappa shape index (κ1) is 11.4. The van der Waals surface area contributed by atoms with E-state index in [1.54, 1.807) is 16.8 Å². The van der Waals surface area contributed by atoms with E-state index in [1.807, 2.05) is 0 Å². The second-order valence-electron chi connectivity index (χ2n) is 5.27. The molecule has 1 fully saturated rings. The van der Waals surface area contributed by atoms with Crippen molar-refractivity contribution >= 4 is 16.5 Å². The first-order valence-corrected chi connectivity index (χ1v) is 7.60. The average Bonchev–Trinajstić information content (AvgIpc) is 2.91. The van der Waals surface area contributed by atoms with Gasteiger partial charge in [-0.25, -0.2) is 0 Å². The quantitative estimate of drug-likeness (QED) is 0.834. The molecule has 5 heteroatoms. The zero-order valence-electron chi connectivity index (χ0n) is 10.7. The number of nitrogens with zero attached hydrogens (tertiary/aromatic N) is 4. The molecule has 0 atom stereocenters. The fourth-order valence-corrected chi connectivity index (χ4v) is 3.56. The summed E-state index contributed by atoms with van der Waals surface area (Å²) < 4.78 is 0. The zero-order chi connectivity index (χ0) is 12.7. The Labute approximate surface area is 116 Å². The normalized spacial score (nSPS) is 20.1. The Morgan fingerprint density at radius 3 is 2.79 bits per heavy atom. The smallest absolute Gasteiger partial charge is 0.208 e. The van der Waals surface area contributed by atoms with Gasteiger partial charge in [0.05, 0.1) is 0 Å². The monoisotopic (exact) mass is 272 g/mol. The molecule has 0 bridgehead atoms. The average molecular weight is 272 g/mol. The first-order valence-electron chi connectivity index (χ1n) is 6.72. The maximum absolute atomic E-state index is 4.13. The first-order chi connectivity index (χ1) is 9.40. The summed E-state index contributed by atoms with van der Waals surface area (Å²) in [7, 11) is 0. The van der Waals surface area contributed by atoms with Gasteiger partial charge in [-0.05, 0) is 17.5 Å². The number of fused-ring (bicyclic) bond motifs is 1. The van der Waals surface area contributed by atoms with Gasteiger partial charge >= 0.3 is 0 Å². The summed E-state index contributed by atoms with van der Waals surface area (Å²) in [5.41, 5.74) is 4.84. The maximum Gasteiger partial charge on any atom is 0.208 e. The lowest BCUT2D eigenvalue weighted by molar-refractivity contribution is 0.150. The number of anilines is 1. The van der Waals surface area contributed by atoms with Gasteiger partial charge in [0, 0.05) is 32.2 Å². The maximum atomic E-state index is 4.13. The van der Waals surface area contributed by atoms with Crippen molar-refractivity contribution < 1.29 is 0 Å². The fraction of sp³-hybridized carbons (Fsp3) is 0.429. The Bertz CT molecular complexity index is 563. The van der Waals surface area contributed by atoms with E-state index >= 15 is 0 Å². The molecular formula is C14H16N4S. The van der Waals surface area contributed by atoms with Gasteiger partial charge in [0.1, 0.15) is 5.51 Å². The number of hydrogen-bond acceptors (Lipinski definition) is 5. The summed E-state index contributed by atoms with van der Waals surface area (Å²) in [4.78, 5) is 4.93. The minimum absolute atomic E-state index is 0.678. The van der Waals surface area contributed by atoms with Crippen molar-refractivity contribution in [1.82, 2.24) is 15.1 Å². The van der Waals surface area contributed by atoms with Crippen LogP contribution < -0.4 is 4.90 Å². The summed E-state index contributed by atoms with van der Waals surface area (Å²) >= 11 is 1.63. The molecule has 0 N–H and O–H groups in total. The van der Waals surface area contributed by atoms with E-state index in [9.17, 15) is 0 Å². The molecule has 4 rings (SSSR count). The van der Waals surface area contributed by atoms with Crippen LogP contribution in [-0.4, -0.2) is 40.8 Å². The zero-order valence-corrected chi connectivity index (χ0v) is 11.5. The lowest BCUT2D eigenvalue weighted by Crippen LogP contribution is -2.60. The molecule has 0 saturated carbocycles. The Kier molecular flexibility index (Phi) is 2.74. The third-order valence-corrected chi connectivity index (χ3v) is 4.91. The topological polar surface area (TPSA) is 32.3 Å². The summed E-state index contributed by atoms with van der Waals surface area (Å²) in [6.07, 6.45) is 1.19. The number of benzene rings is 1. The van der Waals surface area contributed by atoms with E-state index in [0.717, 1.165) is 24.8 Å². The van der Waals surface area contributed by atoms with E-state index in [4.69, 9.17) is 0 Å². The van der Waals surface area contributed by atoms with Crippen LogP contribution in [-0.2, 0) is 13.0 Å². The van der Waals surface area contributed by atoms with Gasteiger partial charge in [0.25, 0.3) is 0 Å². The molecule has 2 aromatic rings. The minimum Gasteiger partial charge on any atom is -0.343 e. The molecular weight excluding hydrogens is 256 g/mol. The molecule has 0 aliphatic carbocycles. The van der Waals surface area contributed by atoms with Crippen LogP contribution in [0.5, 0.6) is 0 Å². The molecule has 2 aliphatic heterocycles. The highest BCUT2D eigenvalue weighted by atomic mass is 32.1. The summed E-state index contributed by atoms with van der Waals surface area (Å²) in [6.45, 7) is 4.48. The lowest BCUT2D eigenvalue weighted by Gasteiger charge is -2.46. The Balaban J connectivity index is 1.41. The molecule has 2 aliphatic rings. The lowest BCUT2D eigenvalue weighted by atomic mass is 9.97. The standard InChI is InChI=1S/C14H16N4S/c1-2-4-12-7-17(6-5-11(12)3-1)13-8-18(9-13)14-16-15-10-19-14/h1-4,10,13H,5-9H2. The van der Waals surface area contributed by atoms with E-state index in [-0.39, 0.29) is 0 Å². The van der Waals surface area contributed by atoms with Crippen LogP contribution in [0.4, 0.5) is 5.13 Å². The van der Waals surface area contributed by atoms with Crippen LogP contribution in [0, 0.1) is 0 Å². The SMILES string of the molecule is c1ccc2c(c1)CCN(C1CN(c3nncs3)C1)C2. The molecule has 4 nitrogen and oxygen atoms in total. The van der Waals surface area contributed by atoms with Crippen molar-refractivity contribution in [2.24, 2.45) is 0 Å². The van der Waals surface area contributed by atoms with Crippen LogP contribution in [0.3, 0.4) is 0 Å². The highest BCUT2D eigenvalue weighted by Gasteiger charge is 2.34. The Morgan fingerprint density at radius 2 is 2.00 bits per heavy atom. The second-order valence-corrected chi connectivity index (χ2v) is 6.08. The van der Waals surface area contributed by atoms with Crippen LogP contribution in [0.1, 0.15) is 11.1 Å². The van der Waals surface area contributed by atoms with E-state index in [2.05, 4.69) is 44.3 Å². The summed E-state index contributed by atoms with van der Waals surface area (Å²) in [5, 5.41) is 9.10. The van der Waals surface area contributed by atoms with Gasteiger partial charge in [-0.1, -0.05) is 35.6 Å². The molecule has 0 radical (unpaired) electrons. The predicted molar refractivity (Wildman–Crippen MR) is 76.5 cm³/mol. The Morgan fingerprint density at radius 1 is 1.16 bits per heavy atom. The molecule has 3 heterocycles. The van der Waals surface area contributed by atoms with Gasteiger partial charge in [0.2, 0.25) is 5.13 Å². The van der Waals surface area contributed by atoms with Crippen LogP contribution in [0.25, 0.3) is 0 Å². The molecule has 19 heavy (non-hydrogen) atoms. The van der Waals surface area contributed by atoms with E-state index < -0.39 is 0 Å². The number of hydrogen-bond donors (Lipinski definition) is 0. The van der Waals surface area contributed by atoms with Crippen molar-refractivity contribution in [3.63, 3.8) is 0 Å². The third kappa shape index (κ3) is 2.03. The van der Waals surface area contributed by atoms with E-state index in [0.29, 0.717) is 6.04 Å². The van der Waals surface area contributed by atoms with Crippen molar-refractivity contribution in [1.29, 1.82) is 0 Å². The summed E-state index contributed by atoms with van der Waals surface area (Å²) in [5.74, 6) is 0. The number of aromatic nitrogens is 2. The molecule has 98 valence electrons. The second kappa shape index (κ2) is 4.58. The molecule has 1 aromatic carbocycles. The fourth-order valence-electron chi connectivity index (χ4n) is 2.98. The van der Waals surface area contributed by atoms with Gasteiger partial charge in [-0.15, -0.1) is 10.2 Å². The third-order valence-electron chi connectivity index (χ3n) is 4.16. The van der Waals surface area contributed by atoms with Crippen LogP contribution in [0.2, 0.25) is 0 Å². The highest BCUT2D eigenvalue weighted by Crippen LogP contribution is 2.28. The van der Waals surface area contributed by atoms with Gasteiger partial charge in [-0.3, -0.25) is 4.90 Å². The largest absolute Gasteiger partial charge is 0.343 e. The van der Waals surface area contributed by atoms with Crippen molar-refractivity contribution in [2.75, 3.05) is 24.5 Å².